The summed E-state index contributed by atoms with van der Waals surface area (Å²) in [6.45, 7) is 0. The fraction of sp³-hybridized carbons (Fsp3) is 0. The monoisotopic (exact) mass is 354 g/mol. The molecule has 2 heterocycles. The highest BCUT2D eigenvalue weighted by Crippen LogP contribution is 2.14. The minimum atomic E-state index is -4.67. The lowest BCUT2D eigenvalue weighted by Gasteiger charge is -2.31. The summed E-state index contributed by atoms with van der Waals surface area (Å²) in [6, 6.07) is 0. The molecule has 0 aromatic rings. The predicted molar refractivity (Wildman–Crippen MR) is 61.2 cm³/mol. The minimum absolute atomic E-state index is 1.15. The summed E-state index contributed by atoms with van der Waals surface area (Å²) in [5, 5.41) is 17.5. The summed E-state index contributed by atoms with van der Waals surface area (Å²) < 4.78 is 85.7. The van der Waals surface area contributed by atoms with Gasteiger partial charge in [-0.05, 0) is 0 Å². The van der Waals surface area contributed by atoms with Gasteiger partial charge in [0.25, 0.3) is 0 Å². The third kappa shape index (κ3) is 15.9. The lowest BCUT2D eigenvalue weighted by Crippen LogP contribution is -2.59. The zero-order chi connectivity index (χ0) is 16.8. The molecular weight excluding hydrogens is 347 g/mol. The van der Waals surface area contributed by atoms with Crippen molar-refractivity contribution >= 4 is 50.1 Å². The molecule has 2 bridgehead atoms. The lowest BCUT2D eigenvalue weighted by molar-refractivity contribution is 0.0834. The molecule has 0 aromatic carbocycles. The van der Waals surface area contributed by atoms with Crippen LogP contribution in [0.1, 0.15) is 0 Å². The molecule has 120 valence electrons. The minimum Gasteiger partial charge on any atom is -0.403 e. The van der Waals surface area contributed by atoms with Crippen LogP contribution in [0, 0.1) is 0 Å². The maximum Gasteiger partial charge on any atom is 0.612 e. The van der Waals surface area contributed by atoms with Gasteiger partial charge in [-0.2, -0.15) is 16.8 Å². The first kappa shape index (κ1) is 20.7. The molecule has 0 unspecified atom stereocenters. The normalized spacial score (nSPS) is 18.4. The Morgan fingerprint density at radius 1 is 0.571 bits per heavy atom. The molecule has 0 aromatic heterocycles. The van der Waals surface area contributed by atoms with Crippen molar-refractivity contribution in [2.24, 2.45) is 0 Å². The zero-order valence-electron chi connectivity index (χ0n) is 9.48. The Bertz CT molecular complexity index is 414. The summed E-state index contributed by atoms with van der Waals surface area (Å²) in [7, 11) is -14.5. The van der Waals surface area contributed by atoms with Crippen LogP contribution in [0.5, 0.6) is 0 Å². The molecule has 21 heteroatoms. The van der Waals surface area contributed by atoms with E-state index in [1.807, 2.05) is 0 Å². The smallest absolute Gasteiger partial charge is 0.403 e. The summed E-state index contributed by atoms with van der Waals surface area (Å²) in [4.78, 5) is 0. The summed E-state index contributed by atoms with van der Waals surface area (Å²) in [5.74, 6) is 0. The fourth-order valence-corrected chi connectivity index (χ4v) is 0.728. The van der Waals surface area contributed by atoms with E-state index in [0.717, 1.165) is 0 Å². The van der Waals surface area contributed by atoms with E-state index in [0.29, 0.717) is 0 Å². The van der Waals surface area contributed by atoms with Gasteiger partial charge in [-0.25, -0.2) is 0 Å². The van der Waals surface area contributed by atoms with E-state index in [-0.39, 0.29) is 0 Å². The van der Waals surface area contributed by atoms with Gasteiger partial charge in [-0.3, -0.25) is 18.2 Å². The van der Waals surface area contributed by atoms with Crippen molar-refractivity contribution < 1.29 is 68.0 Å². The van der Waals surface area contributed by atoms with E-state index in [2.05, 4.69) is 22.9 Å². The first-order valence-corrected chi connectivity index (χ1v) is 7.06. The van der Waals surface area contributed by atoms with Crippen molar-refractivity contribution in [3.05, 3.63) is 0 Å². The molecule has 6 N–H and O–H groups in total. The van der Waals surface area contributed by atoms with Crippen molar-refractivity contribution in [3.63, 3.8) is 0 Å². The Balaban J connectivity index is 0.000000340. The van der Waals surface area contributed by atoms with Crippen LogP contribution in [0.4, 0.5) is 0 Å². The van der Waals surface area contributed by atoms with Gasteiger partial charge in [0, 0.05) is 0 Å². The molecule has 2 aliphatic heterocycles. The molecule has 2 saturated heterocycles. The third-order valence-corrected chi connectivity index (χ3v) is 1.13. The van der Waals surface area contributed by atoms with Crippen LogP contribution in [0.25, 0.3) is 0 Å². The Morgan fingerprint density at radius 3 is 0.952 bits per heavy atom. The molecule has 0 radical (unpaired) electrons. The molecule has 0 spiro atoms. The highest BCUT2D eigenvalue weighted by Gasteiger charge is 2.52. The van der Waals surface area contributed by atoms with E-state index in [1.54, 1.807) is 0 Å². The summed E-state index contributed by atoms with van der Waals surface area (Å²) >= 11 is 0. The average Bonchev–Trinajstić information content (AvgIpc) is 2.07. The lowest BCUT2D eigenvalue weighted by atomic mass is 9.90. The van der Waals surface area contributed by atoms with Crippen LogP contribution in [-0.4, -0.2) is 74.4 Å². The van der Waals surface area contributed by atoms with E-state index in [9.17, 15) is 0 Å². The van der Waals surface area contributed by atoms with Gasteiger partial charge in [-0.15, -0.1) is 0 Å². The number of rotatable bonds is 0. The van der Waals surface area contributed by atoms with Gasteiger partial charge in [-0.1, -0.05) is 0 Å². The first-order chi connectivity index (χ1) is 9.24. The molecule has 0 saturated carbocycles. The molecule has 2 aliphatic rings. The Labute approximate surface area is 119 Å². The predicted octanol–water partition coefficient (Wildman–Crippen LogP) is -4.28. The van der Waals surface area contributed by atoms with Gasteiger partial charge in [0.05, 0.1) is 0 Å². The van der Waals surface area contributed by atoms with Crippen LogP contribution in [0.2, 0.25) is 0 Å². The first-order valence-electron chi connectivity index (χ1n) is 4.27. The number of hydrogen-bond donors (Lipinski definition) is 6. The van der Waals surface area contributed by atoms with Crippen LogP contribution >= 0.6 is 0 Å². The van der Waals surface area contributed by atoms with Gasteiger partial charge in [0.15, 0.2) is 0 Å². The molecule has 21 heavy (non-hydrogen) atoms. The molecule has 2 fully saturated rings. The van der Waals surface area contributed by atoms with E-state index in [1.165, 1.54) is 0 Å². The zero-order valence-corrected chi connectivity index (χ0v) is 11.1. The topological polar surface area (TPSA) is 236 Å². The largest absolute Gasteiger partial charge is 0.612 e. The highest BCUT2D eigenvalue weighted by atomic mass is 32.3. The van der Waals surface area contributed by atoms with Crippen LogP contribution < -0.4 is 0 Å². The Hall–Kier alpha value is -0.280. The SMILES string of the molecule is O=S(=O)(O)O.O=S(=O)(O)O.OB1OB2OB(O)OB(O1)O2. The Morgan fingerprint density at radius 2 is 0.762 bits per heavy atom. The molecule has 2 rings (SSSR count). The second-order valence-electron chi connectivity index (χ2n) is 2.77. The maximum absolute atomic E-state index is 8.74. The number of fused-ring (bicyclic) bond motifs is 2. The summed E-state index contributed by atoms with van der Waals surface area (Å²) in [5.41, 5.74) is 0. The van der Waals surface area contributed by atoms with E-state index in [4.69, 9.17) is 45.1 Å². The standard InChI is InChI=1S/B4H2O7.2H2O4S/c5-1-7-3-9-2(6)10-4(8-1)11-3;2*1-5(2,3)4/h5-6H;2*(H2,1,2,3,4). The molecular formula is H6B4O15S2. The van der Waals surface area contributed by atoms with Crippen molar-refractivity contribution in [2.45, 2.75) is 0 Å². The van der Waals surface area contributed by atoms with E-state index < -0.39 is 50.1 Å². The van der Waals surface area contributed by atoms with E-state index >= 15 is 0 Å². The molecule has 0 aliphatic carbocycles. The maximum atomic E-state index is 8.74. The fourth-order valence-electron chi connectivity index (χ4n) is 0.728. The van der Waals surface area contributed by atoms with Gasteiger partial charge in [0.1, 0.15) is 0 Å². The summed E-state index contributed by atoms with van der Waals surface area (Å²) in [6.07, 6.45) is 0. The Kier molecular flexibility index (Phi) is 8.27. The van der Waals surface area contributed by atoms with Crippen molar-refractivity contribution in [1.29, 1.82) is 0 Å². The number of hydrogen-bond acceptors (Lipinski definition) is 11. The second-order valence-corrected chi connectivity index (χ2v) is 4.56. The van der Waals surface area contributed by atoms with Gasteiger partial charge in [0.2, 0.25) is 0 Å². The van der Waals surface area contributed by atoms with Crippen molar-refractivity contribution in [3.8, 4) is 0 Å². The van der Waals surface area contributed by atoms with Gasteiger partial charge < -0.3 is 32.9 Å². The molecule has 0 atom stereocenters. The molecule has 0 amide bonds. The second kappa shape index (κ2) is 8.38. The van der Waals surface area contributed by atoms with Gasteiger partial charge >= 0.3 is 50.1 Å². The van der Waals surface area contributed by atoms with Crippen LogP contribution in [0.15, 0.2) is 0 Å². The molecule has 15 nitrogen and oxygen atoms in total. The quantitative estimate of drug-likeness (QED) is 0.178. The van der Waals surface area contributed by atoms with Crippen LogP contribution in [0.3, 0.4) is 0 Å². The average molecular weight is 353 g/mol. The highest BCUT2D eigenvalue weighted by molar-refractivity contribution is 7.80. The van der Waals surface area contributed by atoms with Crippen molar-refractivity contribution in [1.82, 2.24) is 0 Å². The van der Waals surface area contributed by atoms with Crippen LogP contribution in [-0.2, 0) is 43.7 Å². The van der Waals surface area contributed by atoms with Crippen molar-refractivity contribution in [2.75, 3.05) is 0 Å². The third-order valence-electron chi connectivity index (χ3n) is 1.13.